The molecule has 2 N–H and O–H groups in total. The first-order chi connectivity index (χ1) is 8.75. The molecule has 0 radical (unpaired) electrons. The standard InChI is InChI=1S/C11H17O5PS/c12-17(13)4-2-1-3-14-5-9-6-15-10-7-18-8-11(10)16-9/h7-9,12-13H,1-6H2. The Labute approximate surface area is 111 Å². The fraction of sp³-hybridized carbons (Fsp3) is 0.636. The Morgan fingerprint density at radius 3 is 3.00 bits per heavy atom. The van der Waals surface area contributed by atoms with Crippen molar-refractivity contribution in [2.24, 2.45) is 0 Å². The van der Waals surface area contributed by atoms with Crippen molar-refractivity contribution >= 4 is 19.7 Å². The van der Waals surface area contributed by atoms with E-state index in [1.807, 2.05) is 10.8 Å². The molecule has 1 aromatic heterocycles. The second kappa shape index (κ2) is 7.26. The van der Waals surface area contributed by atoms with Gasteiger partial charge < -0.3 is 24.0 Å². The summed E-state index contributed by atoms with van der Waals surface area (Å²) in [5.74, 6) is 1.61. The molecule has 2 rings (SSSR count). The molecule has 0 amide bonds. The Hall–Kier alpha value is -0.390. The van der Waals surface area contributed by atoms with Crippen LogP contribution in [0, 0.1) is 0 Å². The average molecular weight is 292 g/mol. The summed E-state index contributed by atoms with van der Waals surface area (Å²) in [6.45, 7) is 1.63. The highest BCUT2D eigenvalue weighted by atomic mass is 32.1. The number of fused-ring (bicyclic) bond motifs is 1. The van der Waals surface area contributed by atoms with Crippen LogP contribution in [-0.4, -0.2) is 41.9 Å². The van der Waals surface area contributed by atoms with Gasteiger partial charge >= 0.3 is 0 Å². The predicted octanol–water partition coefficient (Wildman–Crippen LogP) is 1.98. The van der Waals surface area contributed by atoms with Crippen molar-refractivity contribution in [2.75, 3.05) is 26.0 Å². The van der Waals surface area contributed by atoms with Crippen molar-refractivity contribution in [3.63, 3.8) is 0 Å². The van der Waals surface area contributed by atoms with Gasteiger partial charge in [0.05, 0.1) is 6.61 Å². The first kappa shape index (κ1) is 14.0. The van der Waals surface area contributed by atoms with Gasteiger partial charge in [0.15, 0.2) is 26.0 Å². The molecule has 102 valence electrons. The van der Waals surface area contributed by atoms with Crippen LogP contribution in [0.4, 0.5) is 0 Å². The molecule has 1 aromatic rings. The SMILES string of the molecule is OP(O)CCCCOCC1COc2cscc2O1. The van der Waals surface area contributed by atoms with E-state index in [1.165, 1.54) is 0 Å². The van der Waals surface area contributed by atoms with Crippen LogP contribution in [0.1, 0.15) is 12.8 Å². The van der Waals surface area contributed by atoms with Crippen LogP contribution in [0.15, 0.2) is 10.8 Å². The van der Waals surface area contributed by atoms with Crippen LogP contribution in [0.25, 0.3) is 0 Å². The van der Waals surface area contributed by atoms with Crippen molar-refractivity contribution in [1.82, 2.24) is 0 Å². The number of hydrogen-bond donors (Lipinski definition) is 2. The normalized spacial score (nSPS) is 18.3. The molecule has 0 saturated heterocycles. The van der Waals surface area contributed by atoms with Gasteiger partial charge in [-0.15, -0.1) is 11.3 Å². The lowest BCUT2D eigenvalue weighted by Gasteiger charge is -2.24. The van der Waals surface area contributed by atoms with Crippen LogP contribution < -0.4 is 9.47 Å². The highest BCUT2D eigenvalue weighted by molar-refractivity contribution is 7.45. The largest absolute Gasteiger partial charge is 0.485 e. The van der Waals surface area contributed by atoms with E-state index in [0.717, 1.165) is 24.3 Å². The molecule has 0 fully saturated rings. The summed E-state index contributed by atoms with van der Waals surface area (Å²) in [7, 11) is -1.76. The van der Waals surface area contributed by atoms with Crippen molar-refractivity contribution < 1.29 is 24.0 Å². The van der Waals surface area contributed by atoms with Crippen LogP contribution >= 0.6 is 19.7 Å². The smallest absolute Gasteiger partial charge is 0.172 e. The molecule has 0 bridgehead atoms. The van der Waals surface area contributed by atoms with Gasteiger partial charge in [-0.05, 0) is 12.8 Å². The molecule has 0 saturated carbocycles. The summed E-state index contributed by atoms with van der Waals surface area (Å²) >= 11 is 1.56. The quantitative estimate of drug-likeness (QED) is 0.594. The van der Waals surface area contributed by atoms with Crippen molar-refractivity contribution in [3.8, 4) is 11.5 Å². The monoisotopic (exact) mass is 292 g/mol. The molecule has 0 aromatic carbocycles. The van der Waals surface area contributed by atoms with E-state index in [-0.39, 0.29) is 6.10 Å². The summed E-state index contributed by atoms with van der Waals surface area (Å²) < 4.78 is 16.7. The van der Waals surface area contributed by atoms with Gasteiger partial charge in [-0.2, -0.15) is 0 Å². The van der Waals surface area contributed by atoms with E-state index in [0.29, 0.717) is 26.0 Å². The summed E-state index contributed by atoms with van der Waals surface area (Å²) in [5, 5.41) is 3.85. The molecule has 5 nitrogen and oxygen atoms in total. The van der Waals surface area contributed by atoms with Gasteiger partial charge in [-0.3, -0.25) is 0 Å². The Morgan fingerprint density at radius 1 is 1.33 bits per heavy atom. The second-order valence-electron chi connectivity index (χ2n) is 4.03. The Balaban J connectivity index is 1.56. The summed E-state index contributed by atoms with van der Waals surface area (Å²) in [4.78, 5) is 17.5. The third-order valence-corrected chi connectivity index (χ3v) is 3.93. The van der Waals surface area contributed by atoms with Crippen LogP contribution in [0.2, 0.25) is 0 Å². The molecule has 0 aliphatic carbocycles. The summed E-state index contributed by atoms with van der Waals surface area (Å²) in [6.07, 6.45) is 2.01. The summed E-state index contributed by atoms with van der Waals surface area (Å²) in [5.41, 5.74) is 0. The highest BCUT2D eigenvalue weighted by Gasteiger charge is 2.21. The third-order valence-electron chi connectivity index (χ3n) is 2.51. The van der Waals surface area contributed by atoms with E-state index < -0.39 is 8.38 Å². The first-order valence-electron chi connectivity index (χ1n) is 5.84. The first-order valence-corrected chi connectivity index (χ1v) is 8.22. The molecule has 1 aliphatic heterocycles. The maximum atomic E-state index is 8.73. The lowest BCUT2D eigenvalue weighted by molar-refractivity contribution is 0.00875. The lowest BCUT2D eigenvalue weighted by atomic mass is 10.3. The zero-order chi connectivity index (χ0) is 12.8. The number of hydrogen-bond acceptors (Lipinski definition) is 6. The molecular formula is C11H17O5PS. The molecule has 7 heteroatoms. The number of ether oxygens (including phenoxy) is 3. The Bertz CT molecular complexity index is 357. The minimum atomic E-state index is -1.76. The highest BCUT2D eigenvalue weighted by Crippen LogP contribution is 2.35. The maximum Gasteiger partial charge on any atom is 0.172 e. The topological polar surface area (TPSA) is 68.2 Å². The fourth-order valence-electron chi connectivity index (χ4n) is 1.62. The maximum absolute atomic E-state index is 8.73. The van der Waals surface area contributed by atoms with Gasteiger partial charge in [-0.25, -0.2) is 0 Å². The number of rotatable bonds is 7. The van der Waals surface area contributed by atoms with E-state index in [4.69, 9.17) is 24.0 Å². The van der Waals surface area contributed by atoms with Gasteiger partial charge in [0, 0.05) is 23.5 Å². The number of unbranched alkanes of at least 4 members (excludes halogenated alkanes) is 1. The van der Waals surface area contributed by atoms with E-state index in [9.17, 15) is 0 Å². The van der Waals surface area contributed by atoms with Crippen LogP contribution in [0.5, 0.6) is 11.5 Å². The average Bonchev–Trinajstić information content (AvgIpc) is 2.80. The van der Waals surface area contributed by atoms with E-state index in [1.54, 1.807) is 11.3 Å². The zero-order valence-electron chi connectivity index (χ0n) is 9.95. The molecule has 2 heterocycles. The zero-order valence-corrected chi connectivity index (χ0v) is 11.7. The third kappa shape index (κ3) is 4.37. The van der Waals surface area contributed by atoms with Crippen molar-refractivity contribution in [3.05, 3.63) is 10.8 Å². The van der Waals surface area contributed by atoms with E-state index >= 15 is 0 Å². The predicted molar refractivity (Wildman–Crippen MR) is 70.5 cm³/mol. The van der Waals surface area contributed by atoms with Gasteiger partial charge in [0.1, 0.15) is 6.61 Å². The minimum Gasteiger partial charge on any atom is -0.485 e. The van der Waals surface area contributed by atoms with Crippen molar-refractivity contribution in [2.45, 2.75) is 18.9 Å². The lowest BCUT2D eigenvalue weighted by Crippen LogP contribution is -2.33. The molecule has 1 unspecified atom stereocenters. The Morgan fingerprint density at radius 2 is 2.17 bits per heavy atom. The molecule has 18 heavy (non-hydrogen) atoms. The summed E-state index contributed by atoms with van der Waals surface area (Å²) in [6, 6.07) is 0. The van der Waals surface area contributed by atoms with Crippen LogP contribution in [-0.2, 0) is 4.74 Å². The fourth-order valence-corrected chi connectivity index (χ4v) is 2.79. The van der Waals surface area contributed by atoms with Crippen LogP contribution in [0.3, 0.4) is 0 Å². The molecule has 1 aliphatic rings. The van der Waals surface area contributed by atoms with Gasteiger partial charge in [0.2, 0.25) is 0 Å². The molecule has 0 spiro atoms. The van der Waals surface area contributed by atoms with Gasteiger partial charge in [-0.1, -0.05) is 0 Å². The van der Waals surface area contributed by atoms with E-state index in [2.05, 4.69) is 0 Å². The Kier molecular flexibility index (Phi) is 5.66. The molecular weight excluding hydrogens is 275 g/mol. The molecule has 1 atom stereocenters. The second-order valence-corrected chi connectivity index (χ2v) is 5.96. The minimum absolute atomic E-state index is 0.0556. The number of thiophene rings is 1. The van der Waals surface area contributed by atoms with Crippen molar-refractivity contribution in [1.29, 1.82) is 0 Å². The van der Waals surface area contributed by atoms with Gasteiger partial charge in [0.25, 0.3) is 0 Å².